The average molecular weight is 1190 g/mol. The number of hydrogen-bond donors (Lipinski definition) is 8. The molecule has 5 fully saturated rings. The second-order valence-corrected chi connectivity index (χ2v) is 28.4. The minimum Gasteiger partial charge on any atom is -0.459 e. The number of ketones is 1. The molecule has 3 heterocycles. The predicted octanol–water partition coefficient (Wildman–Crippen LogP) is 5.30. The summed E-state index contributed by atoms with van der Waals surface area (Å²) in [6, 6.07) is -1.15. The van der Waals surface area contributed by atoms with Gasteiger partial charge in [0.05, 0.1) is 47.6 Å². The summed E-state index contributed by atoms with van der Waals surface area (Å²) < 4.78 is 56.6. The van der Waals surface area contributed by atoms with E-state index in [1.54, 1.807) is 75.3 Å². The molecule has 0 aromatic rings. The summed E-state index contributed by atoms with van der Waals surface area (Å²) in [7, 11) is 3.46. The Morgan fingerprint density at radius 3 is 2.21 bits per heavy atom. The van der Waals surface area contributed by atoms with Crippen molar-refractivity contribution in [3.63, 3.8) is 0 Å². The van der Waals surface area contributed by atoms with Crippen LogP contribution >= 0.6 is 0 Å². The van der Waals surface area contributed by atoms with Crippen LogP contribution in [0.1, 0.15) is 168 Å². The number of rotatable bonds is 15. The van der Waals surface area contributed by atoms with Crippen molar-refractivity contribution in [1.82, 2.24) is 15.1 Å². The number of carbonyl (C=O) groups is 3. The molecule has 4 aliphatic carbocycles. The Labute approximate surface area is 499 Å². The van der Waals surface area contributed by atoms with Gasteiger partial charge in [-0.1, -0.05) is 65.7 Å². The fourth-order valence-electron chi connectivity index (χ4n) is 17.0. The van der Waals surface area contributed by atoms with Gasteiger partial charge in [-0.05, 0) is 144 Å². The quantitative estimate of drug-likeness (QED) is 0.0588. The van der Waals surface area contributed by atoms with Gasteiger partial charge in [-0.15, -0.1) is 0 Å². The lowest BCUT2D eigenvalue weighted by atomic mass is 9.45. The first-order valence-corrected chi connectivity index (χ1v) is 31.6. The number of nitrogens with zero attached hydrogens (tertiary/aromatic N) is 2. The van der Waals surface area contributed by atoms with E-state index in [9.17, 15) is 50.1 Å². The zero-order valence-electron chi connectivity index (χ0n) is 53.4. The highest BCUT2D eigenvalue weighted by Gasteiger charge is 2.75. The van der Waals surface area contributed by atoms with Gasteiger partial charge in [0.25, 0.3) is 5.91 Å². The highest BCUT2D eigenvalue weighted by Crippen LogP contribution is 2.70. The van der Waals surface area contributed by atoms with Crippen molar-refractivity contribution < 1.29 is 82.9 Å². The molecule has 3 saturated heterocycles. The first-order chi connectivity index (χ1) is 39.0. The van der Waals surface area contributed by atoms with Crippen LogP contribution in [-0.4, -0.2) is 211 Å². The van der Waals surface area contributed by atoms with E-state index in [1.165, 1.54) is 20.1 Å². The van der Waals surface area contributed by atoms with E-state index in [0.29, 0.717) is 24.8 Å². The fourth-order valence-corrected chi connectivity index (χ4v) is 17.0. The lowest BCUT2D eigenvalue weighted by Gasteiger charge is -2.61. The minimum atomic E-state index is -2.13. The lowest BCUT2D eigenvalue weighted by molar-refractivity contribution is -0.318. The molecule has 7 aliphatic rings. The molecule has 8 N–H and O–H groups in total. The second-order valence-electron chi connectivity index (χ2n) is 28.4. The smallest absolute Gasteiger partial charge is 0.311 e. The van der Waals surface area contributed by atoms with Gasteiger partial charge < -0.3 is 74.4 Å². The zero-order chi connectivity index (χ0) is 62.6. The molecule has 0 spiro atoms. The summed E-state index contributed by atoms with van der Waals surface area (Å²) in [6.45, 7) is 26.0. The number of carbonyl (C=O) groups excluding carboxylic acids is 3. The Bertz CT molecular complexity index is 2360. The number of nitrogens with one attached hydrogen (secondary N) is 1. The summed E-state index contributed by atoms with van der Waals surface area (Å²) in [5.41, 5.74) is -10.8. The summed E-state index contributed by atoms with van der Waals surface area (Å²) in [5.74, 6) is -5.69. The number of unbranched alkanes of at least 4 members (excludes halogenated alkanes) is 1. The Morgan fingerprint density at radius 1 is 0.893 bits per heavy atom. The van der Waals surface area contributed by atoms with E-state index in [2.05, 4.69) is 17.1 Å². The van der Waals surface area contributed by atoms with Crippen LogP contribution in [0.3, 0.4) is 0 Å². The second kappa shape index (κ2) is 26.1. The Morgan fingerprint density at radius 2 is 1.57 bits per heavy atom. The third-order valence-corrected chi connectivity index (χ3v) is 22.2. The molecule has 0 aromatic heterocycles. The molecule has 20 heteroatoms. The summed E-state index contributed by atoms with van der Waals surface area (Å²) in [4.78, 5) is 46.0. The Kier molecular flexibility index (Phi) is 21.4. The molecule has 84 heavy (non-hydrogen) atoms. The van der Waals surface area contributed by atoms with Crippen molar-refractivity contribution in [2.24, 2.45) is 46.3 Å². The van der Waals surface area contributed by atoms with Crippen LogP contribution in [0.25, 0.3) is 0 Å². The van der Waals surface area contributed by atoms with E-state index in [4.69, 9.17) is 28.4 Å². The number of halogens is 1. The van der Waals surface area contributed by atoms with Crippen LogP contribution in [0.4, 0.5) is 4.39 Å². The van der Waals surface area contributed by atoms with Crippen molar-refractivity contribution in [1.29, 1.82) is 0 Å². The number of aliphatic hydroxyl groups is 7. The molecule has 26 atom stereocenters. The SMILES string of the molecule is CCCCN(C)[C@H]1C[C@@H](C)O[C@@H](O[C@@H]2[C@@H](C)[C@H](O[C@H]3C[C@@](C)(OC)[C@@H](O)[C@H](C)O3)[C@@H](C)C(=O)O[C@H](CC)[C@@](C)(O)[C@H](O)[C@@H](C)N(CCCNC(=O)[C@@]3(O)[C@H](C)CC4C5CC=C6CC(=O)C=C[C@]6(C)[C@@]5(F)[C@@H](O)C[C@@]43C)C[C@H](C)C[C@@]2(C)O)[C@@H]1O. The number of alkyl halides is 1. The number of fused-ring (bicyclic) bond motifs is 5. The number of allylic oxidation sites excluding steroid dienone is 4. The molecular formula is C64H108FN3O16. The van der Waals surface area contributed by atoms with Gasteiger partial charge in [0.1, 0.15) is 30.0 Å². The fraction of sp³-hybridized carbons (Fsp3) is 0.891. The maximum atomic E-state index is 17.9. The van der Waals surface area contributed by atoms with Crippen molar-refractivity contribution in [2.75, 3.05) is 40.3 Å². The Balaban J connectivity index is 1.17. The van der Waals surface area contributed by atoms with E-state index in [-0.39, 0.29) is 82.0 Å². The Hall–Kier alpha value is -2.54. The minimum absolute atomic E-state index is 0.0654. The van der Waals surface area contributed by atoms with Crippen LogP contribution in [0.15, 0.2) is 23.8 Å². The molecule has 0 aromatic carbocycles. The van der Waals surface area contributed by atoms with Crippen LogP contribution < -0.4 is 5.32 Å². The van der Waals surface area contributed by atoms with Gasteiger partial charge in [0.15, 0.2) is 29.6 Å². The topological polar surface area (TPSA) is 267 Å². The van der Waals surface area contributed by atoms with Crippen LogP contribution in [-0.2, 0) is 42.8 Å². The predicted molar refractivity (Wildman–Crippen MR) is 312 cm³/mol. The monoisotopic (exact) mass is 1190 g/mol. The maximum Gasteiger partial charge on any atom is 0.311 e. The van der Waals surface area contributed by atoms with Crippen molar-refractivity contribution >= 4 is 17.7 Å². The molecule has 2 saturated carbocycles. The third kappa shape index (κ3) is 12.5. The van der Waals surface area contributed by atoms with Gasteiger partial charge >= 0.3 is 5.97 Å². The molecular weight excluding hydrogens is 1090 g/mol. The maximum absolute atomic E-state index is 17.9. The van der Waals surface area contributed by atoms with E-state index in [1.807, 2.05) is 31.9 Å². The number of hydrogen-bond acceptors (Lipinski definition) is 18. The van der Waals surface area contributed by atoms with Crippen molar-refractivity contribution in [3.05, 3.63) is 23.8 Å². The number of methoxy groups -OCH3 is 1. The number of likely N-dealkylation sites (N-methyl/N-ethyl adjacent to an activating group) is 1. The normalized spacial score (nSPS) is 49.0. The number of ether oxygens (including phenoxy) is 6. The first kappa shape index (κ1) is 68.9. The average Bonchev–Trinajstić information content (AvgIpc) is 1.37. The molecule has 7 rings (SSSR count). The van der Waals surface area contributed by atoms with Crippen molar-refractivity contribution in [2.45, 2.75) is 275 Å². The molecule has 2 unspecified atom stereocenters. The van der Waals surface area contributed by atoms with Gasteiger partial charge in [0.2, 0.25) is 0 Å². The summed E-state index contributed by atoms with van der Waals surface area (Å²) in [6.07, 6.45) is -3.73. The number of aliphatic hydroxyl groups excluding tert-OH is 4. The van der Waals surface area contributed by atoms with Gasteiger partial charge in [-0.2, -0.15) is 0 Å². The van der Waals surface area contributed by atoms with E-state index in [0.717, 1.165) is 19.4 Å². The number of esters is 1. The van der Waals surface area contributed by atoms with Crippen molar-refractivity contribution in [3.8, 4) is 0 Å². The van der Waals surface area contributed by atoms with E-state index >= 15 is 4.39 Å². The van der Waals surface area contributed by atoms with Crippen LogP contribution in [0.2, 0.25) is 0 Å². The highest BCUT2D eigenvalue weighted by atomic mass is 19.1. The summed E-state index contributed by atoms with van der Waals surface area (Å²) in [5, 5.41) is 89.0. The first-order valence-electron chi connectivity index (χ1n) is 31.6. The largest absolute Gasteiger partial charge is 0.459 e. The molecule has 3 aliphatic heterocycles. The van der Waals surface area contributed by atoms with Gasteiger partial charge in [0, 0.05) is 74.3 Å². The standard InChI is InChI=1S/C64H108FN3O16/c1-17-19-26-67(15)46-29-37(5)80-56(50(46)71)84-54-38(6)51(83-49-33-61(13,79-16)53(73)41(9)81-49)39(7)55(74)82-48(18-2)62(14,77)52(72)40(8)68(34-35(3)31-60(54,12)76)27-20-25-66-57(75)64(78)36(4)28-45-44-22-21-42-30-43(69)23-24-58(42,10)63(44,65)47(70)32-59(45,64)11/h21,23-24,35-41,44-54,56,70-73,76-78H,17-20,22,25-34H2,1-16H3,(H,66,75)/t35-,36-,37-,38+,39-,40-,41+,44?,45?,46+,47+,48-,49+,50-,51+,52-,53+,54-,56+,58+,59+,60-,61-,62-,63+,64+/m1/s1. The highest BCUT2D eigenvalue weighted by molar-refractivity contribution is 5.93. The van der Waals surface area contributed by atoms with Gasteiger partial charge in [-0.25, -0.2) is 4.39 Å². The number of amides is 1. The summed E-state index contributed by atoms with van der Waals surface area (Å²) >= 11 is 0. The lowest BCUT2D eigenvalue weighted by Crippen LogP contribution is -2.69. The van der Waals surface area contributed by atoms with Crippen LogP contribution in [0, 0.1) is 46.3 Å². The molecule has 0 bridgehead atoms. The van der Waals surface area contributed by atoms with Crippen LogP contribution in [0.5, 0.6) is 0 Å². The number of cyclic esters (lactones) is 1. The molecule has 1 amide bonds. The van der Waals surface area contributed by atoms with E-state index < -0.39 is 148 Å². The van der Waals surface area contributed by atoms with Gasteiger partial charge in [-0.3, -0.25) is 19.3 Å². The zero-order valence-corrected chi connectivity index (χ0v) is 53.4. The molecule has 19 nitrogen and oxygen atoms in total. The molecule has 0 radical (unpaired) electrons. The molecule has 482 valence electrons. The third-order valence-electron chi connectivity index (χ3n) is 22.2.